The number of hydrogen-bond acceptors (Lipinski definition) is 2. The molecular formula is C18H22Br2S2. The highest BCUT2D eigenvalue weighted by Crippen LogP contribution is 2.58. The van der Waals surface area contributed by atoms with E-state index in [2.05, 4.69) is 57.8 Å². The number of hydrogen-bond donors (Lipinski definition) is 0. The van der Waals surface area contributed by atoms with E-state index in [0.29, 0.717) is 0 Å². The van der Waals surface area contributed by atoms with Gasteiger partial charge in [0.2, 0.25) is 0 Å². The lowest BCUT2D eigenvalue weighted by Crippen LogP contribution is -2.19. The number of rotatable bonds is 7. The average molecular weight is 462 g/mol. The molecule has 0 nitrogen and oxygen atoms in total. The zero-order valence-corrected chi connectivity index (χ0v) is 18.0. The summed E-state index contributed by atoms with van der Waals surface area (Å²) >= 11 is 11.2. The van der Waals surface area contributed by atoms with Crippen LogP contribution in [-0.4, -0.2) is 0 Å². The molecular weight excluding hydrogens is 440 g/mol. The fraction of sp³-hybridized carbons (Fsp3) is 0.556. The molecule has 0 aliphatic heterocycles. The Morgan fingerprint density at radius 1 is 0.864 bits per heavy atom. The van der Waals surface area contributed by atoms with Gasteiger partial charge in [-0.3, -0.25) is 0 Å². The molecule has 0 amide bonds. The molecule has 22 heavy (non-hydrogen) atoms. The van der Waals surface area contributed by atoms with Crippen LogP contribution >= 0.6 is 54.5 Å². The van der Waals surface area contributed by atoms with Gasteiger partial charge in [-0.05, 0) is 61.5 Å². The molecule has 0 unspecified atom stereocenters. The number of halogens is 2. The van der Waals surface area contributed by atoms with Gasteiger partial charge in [0, 0.05) is 15.2 Å². The molecule has 0 N–H and O–H groups in total. The summed E-state index contributed by atoms with van der Waals surface area (Å²) in [6.45, 7) is 4.73. The molecule has 0 atom stereocenters. The molecule has 2 aromatic heterocycles. The summed E-state index contributed by atoms with van der Waals surface area (Å²) in [5, 5.41) is 0. The lowest BCUT2D eigenvalue weighted by molar-refractivity contribution is 0.481. The van der Waals surface area contributed by atoms with Crippen LogP contribution in [0.1, 0.15) is 69.9 Å². The largest absolute Gasteiger partial charge is 0.127 e. The molecule has 1 aliphatic rings. The van der Waals surface area contributed by atoms with Gasteiger partial charge in [0.05, 0.1) is 7.57 Å². The van der Waals surface area contributed by atoms with E-state index in [9.17, 15) is 0 Å². The van der Waals surface area contributed by atoms with Crippen LogP contribution in [0.4, 0.5) is 0 Å². The molecule has 120 valence electrons. The van der Waals surface area contributed by atoms with Crippen LogP contribution in [0.2, 0.25) is 0 Å². The molecule has 2 aromatic rings. The van der Waals surface area contributed by atoms with E-state index in [1.165, 1.54) is 62.3 Å². The van der Waals surface area contributed by atoms with Crippen molar-refractivity contribution >= 4 is 54.5 Å². The van der Waals surface area contributed by atoms with Gasteiger partial charge in [-0.25, -0.2) is 0 Å². The minimum atomic E-state index is 0.209. The summed E-state index contributed by atoms with van der Waals surface area (Å²) in [4.78, 5) is 2.98. The Hall–Kier alpha value is 0.360. The van der Waals surface area contributed by atoms with Crippen molar-refractivity contribution in [1.29, 1.82) is 0 Å². The fourth-order valence-corrected chi connectivity index (χ4v) is 7.17. The molecule has 0 radical (unpaired) electrons. The first-order valence-corrected chi connectivity index (χ1v) is 11.4. The van der Waals surface area contributed by atoms with E-state index in [1.807, 2.05) is 22.7 Å². The van der Waals surface area contributed by atoms with Gasteiger partial charge in [-0.2, -0.15) is 0 Å². The molecule has 0 aromatic carbocycles. The third-order valence-corrected chi connectivity index (χ3v) is 8.27. The first-order chi connectivity index (χ1) is 10.6. The molecule has 3 rings (SSSR count). The third kappa shape index (κ3) is 3.13. The normalized spacial score (nSPS) is 15.1. The maximum Gasteiger partial charge on any atom is 0.0708 e. The number of thiophene rings is 2. The Bertz CT molecular complexity index is 608. The highest BCUT2D eigenvalue weighted by atomic mass is 79.9. The van der Waals surface area contributed by atoms with E-state index >= 15 is 0 Å². The number of unbranched alkanes of at least 4 members (excludes halogenated alkanes) is 5. The summed E-state index contributed by atoms with van der Waals surface area (Å²) in [5.41, 5.74) is 3.30. The van der Waals surface area contributed by atoms with Crippen molar-refractivity contribution in [2.45, 2.75) is 64.2 Å². The molecule has 1 aliphatic carbocycles. The minimum Gasteiger partial charge on any atom is -0.127 e. The first kappa shape index (κ1) is 17.2. The predicted molar refractivity (Wildman–Crippen MR) is 107 cm³/mol. The predicted octanol–water partition coefficient (Wildman–Crippen LogP) is 8.37. The van der Waals surface area contributed by atoms with Gasteiger partial charge in [-0.15, -0.1) is 22.7 Å². The van der Waals surface area contributed by atoms with E-state index in [1.54, 1.807) is 11.1 Å². The van der Waals surface area contributed by atoms with E-state index in [4.69, 9.17) is 0 Å². The standard InChI is InChI=1S/C18H22Br2S2/c1-3-4-5-6-7-8-9-18(2)12-10-14(19)21-16(12)17-13(18)11-15(20)22-17/h10-11H,3-9H2,1-2H3. The lowest BCUT2D eigenvalue weighted by Gasteiger charge is -2.26. The van der Waals surface area contributed by atoms with Crippen molar-refractivity contribution in [2.75, 3.05) is 0 Å². The zero-order chi connectivity index (χ0) is 15.7. The van der Waals surface area contributed by atoms with Crippen LogP contribution in [-0.2, 0) is 5.41 Å². The second-order valence-electron chi connectivity index (χ2n) is 6.44. The van der Waals surface area contributed by atoms with Crippen LogP contribution in [0.15, 0.2) is 19.7 Å². The smallest absolute Gasteiger partial charge is 0.0708 e. The summed E-state index contributed by atoms with van der Waals surface area (Å²) in [6.07, 6.45) is 9.49. The van der Waals surface area contributed by atoms with Crippen molar-refractivity contribution in [1.82, 2.24) is 0 Å². The summed E-state index contributed by atoms with van der Waals surface area (Å²) < 4.78 is 2.53. The van der Waals surface area contributed by atoms with Crippen LogP contribution in [0, 0.1) is 0 Å². The van der Waals surface area contributed by atoms with Gasteiger partial charge < -0.3 is 0 Å². The van der Waals surface area contributed by atoms with E-state index < -0.39 is 0 Å². The van der Waals surface area contributed by atoms with E-state index in [0.717, 1.165) is 0 Å². The Kier molecular flexibility index (Phi) is 5.53. The van der Waals surface area contributed by atoms with Crippen molar-refractivity contribution in [3.63, 3.8) is 0 Å². The van der Waals surface area contributed by atoms with Gasteiger partial charge in [-0.1, -0.05) is 52.4 Å². The van der Waals surface area contributed by atoms with Gasteiger partial charge in [0.25, 0.3) is 0 Å². The number of fused-ring (bicyclic) bond motifs is 3. The van der Waals surface area contributed by atoms with Crippen molar-refractivity contribution in [3.8, 4) is 9.75 Å². The Labute approximate surface area is 158 Å². The molecule has 0 saturated carbocycles. The molecule has 0 saturated heterocycles. The Morgan fingerprint density at radius 3 is 1.91 bits per heavy atom. The van der Waals surface area contributed by atoms with Crippen molar-refractivity contribution < 1.29 is 0 Å². The third-order valence-electron chi connectivity index (χ3n) is 4.83. The molecule has 0 fully saturated rings. The van der Waals surface area contributed by atoms with Crippen LogP contribution < -0.4 is 0 Å². The topological polar surface area (TPSA) is 0 Å². The van der Waals surface area contributed by atoms with Crippen LogP contribution in [0.25, 0.3) is 9.75 Å². The highest BCUT2D eigenvalue weighted by molar-refractivity contribution is 9.11. The summed E-state index contributed by atoms with van der Waals surface area (Å²) in [7, 11) is 0. The highest BCUT2D eigenvalue weighted by Gasteiger charge is 2.41. The Morgan fingerprint density at radius 2 is 1.36 bits per heavy atom. The SMILES string of the molecule is CCCCCCCCC1(C)c2cc(Br)sc2-c2sc(Br)cc21. The second kappa shape index (κ2) is 7.08. The summed E-state index contributed by atoms with van der Waals surface area (Å²) in [5.74, 6) is 0. The van der Waals surface area contributed by atoms with Gasteiger partial charge in [0.1, 0.15) is 0 Å². The zero-order valence-electron chi connectivity index (χ0n) is 13.2. The molecule has 0 spiro atoms. The average Bonchev–Trinajstić information content (AvgIpc) is 3.10. The Balaban J connectivity index is 1.76. The van der Waals surface area contributed by atoms with Crippen LogP contribution in [0.3, 0.4) is 0 Å². The van der Waals surface area contributed by atoms with Crippen molar-refractivity contribution in [2.24, 2.45) is 0 Å². The van der Waals surface area contributed by atoms with Crippen LogP contribution in [0.5, 0.6) is 0 Å². The maximum absolute atomic E-state index is 3.69. The molecule has 0 bridgehead atoms. The van der Waals surface area contributed by atoms with Gasteiger partial charge >= 0.3 is 0 Å². The fourth-order valence-electron chi connectivity index (χ4n) is 3.55. The summed E-state index contributed by atoms with van der Waals surface area (Å²) in [6, 6.07) is 4.72. The quantitative estimate of drug-likeness (QED) is 0.363. The minimum absolute atomic E-state index is 0.209. The first-order valence-electron chi connectivity index (χ1n) is 8.16. The maximum atomic E-state index is 3.69. The molecule has 2 heterocycles. The molecule has 4 heteroatoms. The van der Waals surface area contributed by atoms with Crippen molar-refractivity contribution in [3.05, 3.63) is 30.8 Å². The van der Waals surface area contributed by atoms with Gasteiger partial charge in [0.15, 0.2) is 0 Å². The second-order valence-corrected chi connectivity index (χ2v) is 11.3. The monoisotopic (exact) mass is 460 g/mol. The lowest BCUT2D eigenvalue weighted by atomic mass is 9.77. The van der Waals surface area contributed by atoms with E-state index in [-0.39, 0.29) is 5.41 Å².